The van der Waals surface area contributed by atoms with Crippen LogP contribution in [0.4, 0.5) is 0 Å². The van der Waals surface area contributed by atoms with E-state index >= 15 is 0 Å². The molecule has 0 aliphatic carbocycles. The molecule has 0 saturated carbocycles. The molecule has 4 heteroatoms. The molecule has 0 aliphatic rings. The highest BCUT2D eigenvalue weighted by Crippen LogP contribution is 2.23. The summed E-state index contributed by atoms with van der Waals surface area (Å²) in [5, 5.41) is 2.93. The number of thioether (sulfide) groups is 1. The number of methoxy groups -OCH3 is 1. The van der Waals surface area contributed by atoms with Crippen LogP contribution in [0, 0.1) is 6.92 Å². The molecule has 3 nitrogen and oxygen atoms in total. The van der Waals surface area contributed by atoms with Gasteiger partial charge in [0.05, 0.1) is 12.4 Å². The Morgan fingerprint density at radius 1 is 1.12 bits per heavy atom. The van der Waals surface area contributed by atoms with E-state index in [1.807, 2.05) is 19.1 Å². The van der Waals surface area contributed by atoms with Gasteiger partial charge in [0.1, 0.15) is 5.75 Å². The zero-order chi connectivity index (χ0) is 17.4. The van der Waals surface area contributed by atoms with E-state index in [-0.39, 0.29) is 11.2 Å². The summed E-state index contributed by atoms with van der Waals surface area (Å²) in [5.41, 5.74) is 2.49. The van der Waals surface area contributed by atoms with Crippen LogP contribution < -0.4 is 10.1 Å². The van der Waals surface area contributed by atoms with Crippen molar-refractivity contribution in [1.29, 1.82) is 0 Å². The quantitative estimate of drug-likeness (QED) is 0.576. The van der Waals surface area contributed by atoms with Crippen LogP contribution in [-0.4, -0.2) is 24.8 Å². The molecule has 1 atom stereocenters. The molecule has 2 aromatic rings. The summed E-state index contributed by atoms with van der Waals surface area (Å²) in [6, 6.07) is 16.3. The summed E-state index contributed by atoms with van der Waals surface area (Å²) in [5.74, 6) is 0.962. The molecule has 2 rings (SSSR count). The van der Waals surface area contributed by atoms with E-state index in [0.29, 0.717) is 6.54 Å². The SMILES string of the molecule is COc1ccc(CCCNC(=O)[C@H](C)Sc2ccc(C)cc2)cc1. The predicted molar refractivity (Wildman–Crippen MR) is 101 cm³/mol. The molecule has 0 bridgehead atoms. The van der Waals surface area contributed by atoms with Crippen molar-refractivity contribution in [3.05, 3.63) is 59.7 Å². The van der Waals surface area contributed by atoms with E-state index in [9.17, 15) is 4.79 Å². The molecule has 2 aromatic carbocycles. The average Bonchev–Trinajstić information content (AvgIpc) is 2.61. The first-order valence-electron chi connectivity index (χ1n) is 8.22. The number of carbonyl (C=O) groups excluding carboxylic acids is 1. The van der Waals surface area contributed by atoms with Crippen LogP contribution in [0.25, 0.3) is 0 Å². The zero-order valence-electron chi connectivity index (χ0n) is 14.5. The Labute approximate surface area is 148 Å². The van der Waals surface area contributed by atoms with E-state index < -0.39 is 0 Å². The van der Waals surface area contributed by atoms with Crippen LogP contribution in [0.2, 0.25) is 0 Å². The Kier molecular flexibility index (Phi) is 7.19. The Morgan fingerprint density at radius 2 is 1.79 bits per heavy atom. The van der Waals surface area contributed by atoms with Crippen LogP contribution in [-0.2, 0) is 11.2 Å². The van der Waals surface area contributed by atoms with Gasteiger partial charge in [-0.3, -0.25) is 4.79 Å². The van der Waals surface area contributed by atoms with Gasteiger partial charge < -0.3 is 10.1 Å². The molecule has 0 aromatic heterocycles. The number of aryl methyl sites for hydroxylation is 2. The van der Waals surface area contributed by atoms with Crippen molar-refractivity contribution in [1.82, 2.24) is 5.32 Å². The second-order valence-electron chi connectivity index (χ2n) is 5.82. The summed E-state index contributed by atoms with van der Waals surface area (Å²) in [6.45, 7) is 4.71. The maximum atomic E-state index is 12.2. The molecule has 24 heavy (non-hydrogen) atoms. The lowest BCUT2D eigenvalue weighted by Gasteiger charge is -2.12. The number of carbonyl (C=O) groups is 1. The van der Waals surface area contributed by atoms with Gasteiger partial charge >= 0.3 is 0 Å². The zero-order valence-corrected chi connectivity index (χ0v) is 15.4. The number of ether oxygens (including phenoxy) is 1. The molecule has 0 heterocycles. The Bertz CT molecular complexity index is 638. The Balaban J connectivity index is 1.69. The fraction of sp³-hybridized carbons (Fsp3) is 0.350. The van der Waals surface area contributed by atoms with E-state index in [1.165, 1.54) is 11.1 Å². The third-order valence-electron chi connectivity index (χ3n) is 3.80. The monoisotopic (exact) mass is 343 g/mol. The van der Waals surface area contributed by atoms with Crippen molar-refractivity contribution in [2.75, 3.05) is 13.7 Å². The first-order chi connectivity index (χ1) is 11.6. The van der Waals surface area contributed by atoms with Gasteiger partial charge in [-0.15, -0.1) is 11.8 Å². The molecule has 0 aliphatic heterocycles. The number of benzene rings is 2. The van der Waals surface area contributed by atoms with E-state index in [4.69, 9.17) is 4.74 Å². The Morgan fingerprint density at radius 3 is 2.42 bits per heavy atom. The molecular weight excluding hydrogens is 318 g/mol. The normalized spacial score (nSPS) is 11.8. The fourth-order valence-electron chi connectivity index (χ4n) is 2.31. The number of hydrogen-bond acceptors (Lipinski definition) is 3. The number of nitrogens with one attached hydrogen (secondary N) is 1. The minimum atomic E-state index is -0.0892. The van der Waals surface area contributed by atoms with Crippen molar-refractivity contribution in [3.8, 4) is 5.75 Å². The number of amides is 1. The summed E-state index contributed by atoms with van der Waals surface area (Å²) >= 11 is 1.59. The first kappa shape index (κ1) is 18.4. The van der Waals surface area contributed by atoms with E-state index in [0.717, 1.165) is 23.5 Å². The lowest BCUT2D eigenvalue weighted by atomic mass is 10.1. The highest BCUT2D eigenvalue weighted by atomic mass is 32.2. The van der Waals surface area contributed by atoms with Crippen molar-refractivity contribution in [2.45, 2.75) is 36.8 Å². The van der Waals surface area contributed by atoms with Gasteiger partial charge in [-0.25, -0.2) is 0 Å². The maximum absolute atomic E-state index is 12.2. The molecule has 128 valence electrons. The highest BCUT2D eigenvalue weighted by molar-refractivity contribution is 8.00. The topological polar surface area (TPSA) is 38.3 Å². The van der Waals surface area contributed by atoms with Crippen LogP contribution in [0.15, 0.2) is 53.4 Å². The molecule has 0 radical (unpaired) electrons. The number of rotatable bonds is 8. The molecular formula is C20H25NO2S. The molecule has 0 fully saturated rings. The van der Waals surface area contributed by atoms with Crippen LogP contribution in [0.5, 0.6) is 5.75 Å². The van der Waals surface area contributed by atoms with E-state index in [1.54, 1.807) is 18.9 Å². The molecule has 0 saturated heterocycles. The van der Waals surface area contributed by atoms with Crippen LogP contribution in [0.1, 0.15) is 24.5 Å². The van der Waals surface area contributed by atoms with Crippen LogP contribution >= 0.6 is 11.8 Å². The predicted octanol–water partition coefficient (Wildman–Crippen LogP) is 4.23. The lowest BCUT2D eigenvalue weighted by molar-refractivity contribution is -0.120. The third-order valence-corrected chi connectivity index (χ3v) is 4.92. The molecule has 1 N–H and O–H groups in total. The third kappa shape index (κ3) is 5.93. The summed E-state index contributed by atoms with van der Waals surface area (Å²) in [7, 11) is 1.67. The van der Waals surface area contributed by atoms with Crippen LogP contribution in [0.3, 0.4) is 0 Å². The summed E-state index contributed by atoms with van der Waals surface area (Å²) in [4.78, 5) is 13.3. The second-order valence-corrected chi connectivity index (χ2v) is 7.23. The van der Waals surface area contributed by atoms with Gasteiger partial charge in [-0.05, 0) is 56.5 Å². The molecule has 0 spiro atoms. The smallest absolute Gasteiger partial charge is 0.233 e. The number of hydrogen-bond donors (Lipinski definition) is 1. The average molecular weight is 343 g/mol. The second kappa shape index (κ2) is 9.38. The molecule has 1 amide bonds. The van der Waals surface area contributed by atoms with E-state index in [2.05, 4.69) is 48.6 Å². The van der Waals surface area contributed by atoms with Gasteiger partial charge in [-0.2, -0.15) is 0 Å². The minimum absolute atomic E-state index is 0.0892. The van der Waals surface area contributed by atoms with Gasteiger partial charge in [0.15, 0.2) is 0 Å². The van der Waals surface area contributed by atoms with Gasteiger partial charge in [0, 0.05) is 11.4 Å². The van der Waals surface area contributed by atoms with Crippen molar-refractivity contribution < 1.29 is 9.53 Å². The van der Waals surface area contributed by atoms with Gasteiger partial charge in [-0.1, -0.05) is 29.8 Å². The van der Waals surface area contributed by atoms with Crippen molar-refractivity contribution >= 4 is 17.7 Å². The molecule has 0 unspecified atom stereocenters. The Hall–Kier alpha value is -1.94. The fourth-order valence-corrected chi connectivity index (χ4v) is 3.21. The first-order valence-corrected chi connectivity index (χ1v) is 9.10. The highest BCUT2D eigenvalue weighted by Gasteiger charge is 2.13. The standard InChI is InChI=1S/C20H25NO2S/c1-15-6-12-19(13-7-15)24-16(2)20(22)21-14-4-5-17-8-10-18(23-3)11-9-17/h6-13,16H,4-5,14H2,1-3H3,(H,21,22)/t16-/m0/s1. The summed E-state index contributed by atoms with van der Waals surface area (Å²) in [6.07, 6.45) is 1.88. The minimum Gasteiger partial charge on any atom is -0.497 e. The maximum Gasteiger partial charge on any atom is 0.233 e. The van der Waals surface area contributed by atoms with Gasteiger partial charge in [0.2, 0.25) is 5.91 Å². The lowest BCUT2D eigenvalue weighted by Crippen LogP contribution is -2.31. The largest absolute Gasteiger partial charge is 0.497 e. The summed E-state index contributed by atoms with van der Waals surface area (Å²) < 4.78 is 5.15. The van der Waals surface area contributed by atoms with Crippen molar-refractivity contribution in [2.24, 2.45) is 0 Å². The van der Waals surface area contributed by atoms with Gasteiger partial charge in [0.25, 0.3) is 0 Å². The van der Waals surface area contributed by atoms with Crippen molar-refractivity contribution in [3.63, 3.8) is 0 Å².